The topological polar surface area (TPSA) is 43.1 Å². The first-order valence-corrected chi connectivity index (χ1v) is 4.92. The van der Waals surface area contributed by atoms with Crippen molar-refractivity contribution in [2.75, 3.05) is 0 Å². The number of carbonyl (C=O) groups is 1. The lowest BCUT2D eigenvalue weighted by atomic mass is 10.1. The largest absolute Gasteiger partial charge is 0.369 e. The summed E-state index contributed by atoms with van der Waals surface area (Å²) in [6.07, 6.45) is 0. The molecule has 1 atom stereocenters. The molecule has 68 valence electrons. The Balaban J connectivity index is 0.000000561. The van der Waals surface area contributed by atoms with Crippen LogP contribution in [-0.4, -0.2) is 5.91 Å². The molecule has 1 aromatic heterocycles. The van der Waals surface area contributed by atoms with Crippen LogP contribution in [0.25, 0.3) is 0 Å². The van der Waals surface area contributed by atoms with Crippen molar-refractivity contribution < 1.29 is 4.79 Å². The highest BCUT2D eigenvalue weighted by Gasteiger charge is 2.11. The number of hydrogen-bond acceptors (Lipinski definition) is 2. The quantitative estimate of drug-likeness (QED) is 0.755. The predicted molar refractivity (Wildman–Crippen MR) is 53.3 cm³/mol. The van der Waals surface area contributed by atoms with Gasteiger partial charge in [-0.15, -0.1) is 11.3 Å². The summed E-state index contributed by atoms with van der Waals surface area (Å²) in [5.41, 5.74) is 5.09. The number of primary amides is 1. The lowest BCUT2D eigenvalue weighted by Crippen LogP contribution is -2.17. The van der Waals surface area contributed by atoms with Gasteiger partial charge in [0.15, 0.2) is 0 Å². The fourth-order valence-electron chi connectivity index (χ4n) is 0.678. The van der Waals surface area contributed by atoms with E-state index in [0.29, 0.717) is 0 Å². The van der Waals surface area contributed by atoms with Crippen molar-refractivity contribution in [3.8, 4) is 0 Å². The van der Waals surface area contributed by atoms with E-state index in [1.54, 1.807) is 11.3 Å². The molecular formula is C9H15NOS. The molecule has 0 fully saturated rings. The number of hydrogen-bond donors (Lipinski definition) is 1. The van der Waals surface area contributed by atoms with Gasteiger partial charge in [-0.05, 0) is 18.4 Å². The normalized spacial score (nSPS) is 11.2. The standard InChI is InChI=1S/C7H9NOS.C2H6/c1-5(7(8)9)6-3-2-4-10-6;1-2/h2-5H,1H3,(H2,8,9);1-2H3. The lowest BCUT2D eigenvalue weighted by Gasteiger charge is -2.01. The molecule has 1 unspecified atom stereocenters. The van der Waals surface area contributed by atoms with Crippen LogP contribution in [0.5, 0.6) is 0 Å². The van der Waals surface area contributed by atoms with Crippen molar-refractivity contribution in [1.29, 1.82) is 0 Å². The average Bonchev–Trinajstić information content (AvgIpc) is 2.58. The van der Waals surface area contributed by atoms with Crippen molar-refractivity contribution in [3.05, 3.63) is 22.4 Å². The molecule has 1 amide bonds. The summed E-state index contributed by atoms with van der Waals surface area (Å²) in [5, 5.41) is 1.94. The van der Waals surface area contributed by atoms with E-state index in [1.807, 2.05) is 38.3 Å². The van der Waals surface area contributed by atoms with Crippen LogP contribution < -0.4 is 5.73 Å². The molecule has 0 saturated heterocycles. The van der Waals surface area contributed by atoms with Gasteiger partial charge in [0, 0.05) is 4.88 Å². The summed E-state index contributed by atoms with van der Waals surface area (Å²) in [6, 6.07) is 3.83. The Morgan fingerprint density at radius 1 is 1.58 bits per heavy atom. The smallest absolute Gasteiger partial charge is 0.225 e. The minimum absolute atomic E-state index is 0.139. The second kappa shape index (κ2) is 5.77. The van der Waals surface area contributed by atoms with Gasteiger partial charge in [0.25, 0.3) is 0 Å². The number of carbonyl (C=O) groups excluding carboxylic acids is 1. The van der Waals surface area contributed by atoms with Gasteiger partial charge >= 0.3 is 0 Å². The highest BCUT2D eigenvalue weighted by atomic mass is 32.1. The van der Waals surface area contributed by atoms with E-state index in [0.717, 1.165) is 4.88 Å². The first kappa shape index (κ1) is 11.2. The first-order valence-electron chi connectivity index (χ1n) is 4.04. The Bertz CT molecular complexity index is 218. The molecule has 0 saturated carbocycles. The molecule has 0 aliphatic carbocycles. The third kappa shape index (κ3) is 3.05. The highest BCUT2D eigenvalue weighted by Crippen LogP contribution is 2.19. The second-order valence-electron chi connectivity index (χ2n) is 2.14. The first-order chi connectivity index (χ1) is 5.72. The van der Waals surface area contributed by atoms with Crippen LogP contribution in [0.3, 0.4) is 0 Å². The molecule has 0 aliphatic rings. The molecule has 1 rings (SSSR count). The zero-order valence-electron chi connectivity index (χ0n) is 7.70. The molecular weight excluding hydrogens is 170 g/mol. The molecule has 3 heteroatoms. The summed E-state index contributed by atoms with van der Waals surface area (Å²) < 4.78 is 0. The monoisotopic (exact) mass is 185 g/mol. The fourth-order valence-corrected chi connectivity index (χ4v) is 1.47. The maximum absolute atomic E-state index is 10.6. The van der Waals surface area contributed by atoms with Crippen molar-refractivity contribution in [2.24, 2.45) is 5.73 Å². The Morgan fingerprint density at radius 2 is 2.17 bits per heavy atom. The summed E-state index contributed by atoms with van der Waals surface area (Å²) in [5.74, 6) is -0.401. The Labute approximate surface area is 77.4 Å². The molecule has 2 N–H and O–H groups in total. The molecule has 0 bridgehead atoms. The fraction of sp³-hybridized carbons (Fsp3) is 0.444. The van der Waals surface area contributed by atoms with Crippen LogP contribution in [-0.2, 0) is 4.79 Å². The Kier molecular flexibility index (Phi) is 5.37. The third-order valence-electron chi connectivity index (χ3n) is 1.40. The molecule has 0 radical (unpaired) electrons. The van der Waals surface area contributed by atoms with Crippen LogP contribution in [0.4, 0.5) is 0 Å². The van der Waals surface area contributed by atoms with Crippen LogP contribution in [0.15, 0.2) is 17.5 Å². The van der Waals surface area contributed by atoms with Crippen LogP contribution in [0, 0.1) is 0 Å². The van der Waals surface area contributed by atoms with Gasteiger partial charge in [0.1, 0.15) is 0 Å². The molecule has 12 heavy (non-hydrogen) atoms. The zero-order chi connectivity index (χ0) is 9.56. The van der Waals surface area contributed by atoms with Crippen molar-refractivity contribution in [3.63, 3.8) is 0 Å². The van der Waals surface area contributed by atoms with Crippen LogP contribution in [0.2, 0.25) is 0 Å². The molecule has 1 heterocycles. The minimum atomic E-state index is -0.262. The van der Waals surface area contributed by atoms with E-state index < -0.39 is 0 Å². The molecule has 1 aromatic rings. The summed E-state index contributed by atoms with van der Waals surface area (Å²) in [7, 11) is 0. The van der Waals surface area contributed by atoms with E-state index in [9.17, 15) is 4.79 Å². The van der Waals surface area contributed by atoms with E-state index >= 15 is 0 Å². The summed E-state index contributed by atoms with van der Waals surface area (Å²) >= 11 is 1.56. The van der Waals surface area contributed by atoms with Gasteiger partial charge in [-0.25, -0.2) is 0 Å². The van der Waals surface area contributed by atoms with E-state index in [2.05, 4.69) is 0 Å². The van der Waals surface area contributed by atoms with Gasteiger partial charge in [-0.3, -0.25) is 4.79 Å². The maximum Gasteiger partial charge on any atom is 0.225 e. The van der Waals surface area contributed by atoms with Crippen molar-refractivity contribution in [2.45, 2.75) is 26.7 Å². The van der Waals surface area contributed by atoms with E-state index in [4.69, 9.17) is 5.73 Å². The van der Waals surface area contributed by atoms with Crippen LogP contribution >= 0.6 is 11.3 Å². The number of amides is 1. The van der Waals surface area contributed by atoms with Gasteiger partial charge in [-0.1, -0.05) is 19.9 Å². The van der Waals surface area contributed by atoms with Gasteiger partial charge in [0.05, 0.1) is 5.92 Å². The summed E-state index contributed by atoms with van der Waals surface area (Å²) in [6.45, 7) is 5.81. The summed E-state index contributed by atoms with van der Waals surface area (Å²) in [4.78, 5) is 11.7. The number of rotatable bonds is 2. The van der Waals surface area contributed by atoms with E-state index in [1.165, 1.54) is 0 Å². The molecule has 0 aromatic carbocycles. The zero-order valence-corrected chi connectivity index (χ0v) is 8.52. The Hall–Kier alpha value is -0.830. The third-order valence-corrected chi connectivity index (χ3v) is 2.45. The highest BCUT2D eigenvalue weighted by molar-refractivity contribution is 7.10. The SMILES string of the molecule is CC.CC(C(N)=O)c1cccs1. The van der Waals surface area contributed by atoms with Crippen LogP contribution in [0.1, 0.15) is 31.6 Å². The lowest BCUT2D eigenvalue weighted by molar-refractivity contribution is -0.119. The van der Waals surface area contributed by atoms with E-state index in [-0.39, 0.29) is 11.8 Å². The minimum Gasteiger partial charge on any atom is -0.369 e. The number of thiophene rings is 1. The van der Waals surface area contributed by atoms with Gasteiger partial charge < -0.3 is 5.73 Å². The molecule has 0 aliphatic heterocycles. The molecule has 0 spiro atoms. The second-order valence-corrected chi connectivity index (χ2v) is 3.12. The van der Waals surface area contributed by atoms with Crippen molar-refractivity contribution >= 4 is 17.2 Å². The van der Waals surface area contributed by atoms with Crippen molar-refractivity contribution in [1.82, 2.24) is 0 Å². The Morgan fingerprint density at radius 3 is 2.50 bits per heavy atom. The molecule has 2 nitrogen and oxygen atoms in total. The maximum atomic E-state index is 10.6. The van der Waals surface area contributed by atoms with Gasteiger partial charge in [-0.2, -0.15) is 0 Å². The van der Waals surface area contributed by atoms with Gasteiger partial charge in [0.2, 0.25) is 5.91 Å². The average molecular weight is 185 g/mol. The number of nitrogens with two attached hydrogens (primary N) is 1. The predicted octanol–water partition coefficient (Wildman–Crippen LogP) is 2.36.